The van der Waals surface area contributed by atoms with Crippen LogP contribution in [-0.4, -0.2) is 17.2 Å². The molecule has 17 aromatic rings. The highest BCUT2D eigenvalue weighted by atomic mass is 28.3. The molecule has 0 N–H and O–H groups in total. The largest absolute Gasteiger partial charge is 0.456 e. The molecule has 3 nitrogen and oxygen atoms in total. The van der Waals surface area contributed by atoms with E-state index in [0.29, 0.717) is 0 Å². The van der Waals surface area contributed by atoms with Gasteiger partial charge >= 0.3 is 0 Å². The fourth-order valence-electron chi connectivity index (χ4n) is 14.2. The molecule has 0 spiro atoms. The predicted octanol–water partition coefficient (Wildman–Crippen LogP) is 19.5. The van der Waals surface area contributed by atoms with E-state index < -0.39 is 8.07 Å². The summed E-state index contributed by atoms with van der Waals surface area (Å²) in [6.45, 7) is 0. The zero-order valence-electron chi connectivity index (χ0n) is 48.1. The number of hydrogen-bond donors (Lipinski definition) is 0. The molecular formula is C84H56N2OSi. The second-order valence-electron chi connectivity index (χ2n) is 23.2. The van der Waals surface area contributed by atoms with E-state index in [1.165, 1.54) is 120 Å². The normalized spacial score (nSPS) is 11.9. The second kappa shape index (κ2) is 21.0. The van der Waals surface area contributed by atoms with E-state index in [-0.39, 0.29) is 0 Å². The Labute approximate surface area is 511 Å². The number of rotatable bonds is 11. The second-order valence-corrected chi connectivity index (χ2v) is 27.0. The van der Waals surface area contributed by atoms with Gasteiger partial charge in [0, 0.05) is 43.7 Å². The maximum Gasteiger partial charge on any atom is 0.179 e. The molecule has 88 heavy (non-hydrogen) atoms. The molecule has 0 unspecified atom stereocenters. The zero-order valence-corrected chi connectivity index (χ0v) is 49.1. The summed E-state index contributed by atoms with van der Waals surface area (Å²) < 4.78 is 11.1. The molecule has 0 bridgehead atoms. The molecule has 0 fully saturated rings. The van der Waals surface area contributed by atoms with Crippen molar-refractivity contribution in [2.45, 2.75) is 0 Å². The minimum absolute atomic E-state index is 0.895. The molecule has 14 aromatic carbocycles. The number of furan rings is 1. The Kier molecular flexibility index (Phi) is 12.2. The first-order chi connectivity index (χ1) is 43.6. The Balaban J connectivity index is 0.724. The first-order valence-corrected chi connectivity index (χ1v) is 32.3. The van der Waals surface area contributed by atoms with Crippen LogP contribution >= 0.6 is 0 Å². The number of benzene rings is 14. The van der Waals surface area contributed by atoms with Gasteiger partial charge in [0.15, 0.2) is 8.07 Å². The van der Waals surface area contributed by atoms with Crippen molar-refractivity contribution in [1.29, 1.82) is 0 Å². The van der Waals surface area contributed by atoms with Gasteiger partial charge in [0.25, 0.3) is 0 Å². The molecule has 0 aliphatic carbocycles. The summed E-state index contributed by atoms with van der Waals surface area (Å²) in [6.07, 6.45) is 0. The van der Waals surface area contributed by atoms with Gasteiger partial charge < -0.3 is 13.6 Å². The van der Waals surface area contributed by atoms with Crippen molar-refractivity contribution >= 4 is 94.4 Å². The monoisotopic (exact) mass is 1140 g/mol. The molecule has 412 valence electrons. The lowest BCUT2D eigenvalue weighted by Gasteiger charge is -2.34. The summed E-state index contributed by atoms with van der Waals surface area (Å²) in [5, 5.41) is 12.6. The highest BCUT2D eigenvalue weighted by Crippen LogP contribution is 2.41. The van der Waals surface area contributed by atoms with E-state index in [1.54, 1.807) is 0 Å². The van der Waals surface area contributed by atoms with Crippen LogP contribution in [0.15, 0.2) is 344 Å². The lowest BCUT2D eigenvalue weighted by Crippen LogP contribution is -2.74. The standard InChI is InChI=1S/C84H56N2OSi/c1-5-28-67(29-6-1)85-81-46-41-64(54-76(81)77-55-66(43-47-82(77)85)65-42-45-80-75(53-65)73-37-13-15-39-79(73)86(80)68-44-48-84-78(56-68)74-38-14-16-40-83(74)87-84)62-26-19-24-60(51-62)58-22-17-21-57(49-58)59-23-18-25-61(50-59)63-27-20-36-72(52-63)88(69-30-7-2-8-31-69,70-32-9-3-10-33-70)71-34-11-4-12-35-71/h1-56H. The van der Waals surface area contributed by atoms with E-state index in [1.807, 2.05) is 12.1 Å². The zero-order chi connectivity index (χ0) is 58.1. The quantitative estimate of drug-likeness (QED) is 0.0935. The number of para-hydroxylation sites is 3. The minimum Gasteiger partial charge on any atom is -0.456 e. The van der Waals surface area contributed by atoms with Crippen LogP contribution in [0.1, 0.15) is 0 Å². The molecule has 0 atom stereocenters. The molecule has 0 amide bonds. The summed E-state index contributed by atoms with van der Waals surface area (Å²) in [5.74, 6) is 0. The van der Waals surface area contributed by atoms with Crippen molar-refractivity contribution < 1.29 is 4.42 Å². The smallest absolute Gasteiger partial charge is 0.179 e. The van der Waals surface area contributed by atoms with Crippen molar-refractivity contribution in [2.24, 2.45) is 0 Å². The van der Waals surface area contributed by atoms with E-state index in [2.05, 4.69) is 337 Å². The van der Waals surface area contributed by atoms with Gasteiger partial charge in [-0.1, -0.05) is 243 Å². The van der Waals surface area contributed by atoms with Gasteiger partial charge in [0.1, 0.15) is 11.2 Å². The fraction of sp³-hybridized carbons (Fsp3) is 0. The van der Waals surface area contributed by atoms with Crippen LogP contribution in [0.25, 0.3) is 133 Å². The van der Waals surface area contributed by atoms with Crippen LogP contribution < -0.4 is 20.7 Å². The SMILES string of the molecule is c1ccc(-n2c3ccc(-c4cccc(-c5cccc(-c6cccc(-c7cccc([Si](c8ccccc8)(c8ccccc8)c8ccccc8)c7)c6)c5)c4)cc3c3cc(-c4ccc5c(c4)c4ccccc4n5-c4ccc5oc6ccccc6c5c4)ccc32)cc1. The van der Waals surface area contributed by atoms with Gasteiger partial charge in [0.05, 0.1) is 22.1 Å². The van der Waals surface area contributed by atoms with Crippen molar-refractivity contribution in [1.82, 2.24) is 9.13 Å². The van der Waals surface area contributed by atoms with Crippen LogP contribution in [0.2, 0.25) is 0 Å². The highest BCUT2D eigenvalue weighted by Gasteiger charge is 2.41. The molecule has 3 aromatic heterocycles. The Bertz CT molecular complexity index is 5410. The van der Waals surface area contributed by atoms with Gasteiger partial charge in [-0.25, -0.2) is 0 Å². The molecule has 0 aliphatic heterocycles. The minimum atomic E-state index is -2.71. The Morgan fingerprint density at radius 1 is 0.193 bits per heavy atom. The first kappa shape index (κ1) is 51.1. The topological polar surface area (TPSA) is 23.0 Å². The molecular weight excluding hydrogens is 1080 g/mol. The van der Waals surface area contributed by atoms with Gasteiger partial charge in [-0.2, -0.15) is 0 Å². The van der Waals surface area contributed by atoms with E-state index >= 15 is 0 Å². The summed E-state index contributed by atoms with van der Waals surface area (Å²) in [6, 6.07) is 125. The van der Waals surface area contributed by atoms with Crippen LogP contribution in [0, 0.1) is 0 Å². The van der Waals surface area contributed by atoms with Crippen LogP contribution in [0.4, 0.5) is 0 Å². The fourth-order valence-corrected chi connectivity index (χ4v) is 18.9. The number of hydrogen-bond acceptors (Lipinski definition) is 1. The van der Waals surface area contributed by atoms with Crippen LogP contribution in [0.3, 0.4) is 0 Å². The Hall–Kier alpha value is -11.3. The molecule has 17 rings (SSSR count). The molecule has 3 heterocycles. The Morgan fingerprint density at radius 2 is 0.545 bits per heavy atom. The maximum absolute atomic E-state index is 6.25. The summed E-state index contributed by atoms with van der Waals surface area (Å²) in [4.78, 5) is 0. The van der Waals surface area contributed by atoms with Gasteiger partial charge in [-0.05, 0) is 173 Å². The Morgan fingerprint density at radius 3 is 1.05 bits per heavy atom. The average molecular weight is 1140 g/mol. The van der Waals surface area contributed by atoms with Gasteiger partial charge in [-0.15, -0.1) is 0 Å². The van der Waals surface area contributed by atoms with Crippen molar-refractivity contribution in [3.05, 3.63) is 340 Å². The third-order valence-electron chi connectivity index (χ3n) is 18.2. The molecule has 4 heteroatoms. The molecule has 0 saturated carbocycles. The molecule has 0 saturated heterocycles. The van der Waals surface area contributed by atoms with Crippen molar-refractivity contribution in [3.8, 4) is 67.0 Å². The summed E-state index contributed by atoms with van der Waals surface area (Å²) in [7, 11) is -2.71. The average Bonchev–Trinajstić information content (AvgIpc) is 1.99. The maximum atomic E-state index is 6.25. The van der Waals surface area contributed by atoms with E-state index in [4.69, 9.17) is 4.42 Å². The van der Waals surface area contributed by atoms with Crippen LogP contribution in [-0.2, 0) is 0 Å². The number of fused-ring (bicyclic) bond motifs is 9. The lowest BCUT2D eigenvalue weighted by atomic mass is 9.94. The molecule has 0 radical (unpaired) electrons. The lowest BCUT2D eigenvalue weighted by molar-refractivity contribution is 0.669. The first-order valence-electron chi connectivity index (χ1n) is 30.3. The third kappa shape index (κ3) is 8.48. The van der Waals surface area contributed by atoms with Gasteiger partial charge in [0.2, 0.25) is 0 Å². The van der Waals surface area contributed by atoms with Crippen LogP contribution in [0.5, 0.6) is 0 Å². The predicted molar refractivity (Wildman–Crippen MR) is 373 cm³/mol. The van der Waals surface area contributed by atoms with Crippen molar-refractivity contribution in [2.75, 3.05) is 0 Å². The van der Waals surface area contributed by atoms with E-state index in [9.17, 15) is 0 Å². The summed E-state index contributed by atoms with van der Waals surface area (Å²) in [5.41, 5.74) is 20.5. The highest BCUT2D eigenvalue weighted by molar-refractivity contribution is 7.20. The number of aromatic nitrogens is 2. The van der Waals surface area contributed by atoms with Crippen molar-refractivity contribution in [3.63, 3.8) is 0 Å². The van der Waals surface area contributed by atoms with Gasteiger partial charge in [-0.3, -0.25) is 0 Å². The molecule has 0 aliphatic rings. The van der Waals surface area contributed by atoms with E-state index in [0.717, 1.165) is 33.3 Å². The third-order valence-corrected chi connectivity index (χ3v) is 23.0. The number of nitrogens with zero attached hydrogens (tertiary/aromatic N) is 2. The summed E-state index contributed by atoms with van der Waals surface area (Å²) >= 11 is 0.